The Labute approximate surface area is 120 Å². The molecule has 18 heavy (non-hydrogen) atoms. The lowest BCUT2D eigenvalue weighted by molar-refractivity contribution is -0.132. The first-order valence-electron chi connectivity index (χ1n) is 5.24. The molecule has 0 aliphatic rings. The molecule has 1 rings (SSSR count). The summed E-state index contributed by atoms with van der Waals surface area (Å²) in [6.45, 7) is 3.27. The van der Waals surface area contributed by atoms with Crippen LogP contribution in [0.1, 0.15) is 19.4 Å². The third kappa shape index (κ3) is 3.33. The Balaban J connectivity index is 2.85. The Kier molecular flexibility index (Phi) is 4.61. The van der Waals surface area contributed by atoms with E-state index in [9.17, 15) is 13.2 Å². The van der Waals surface area contributed by atoms with Crippen LogP contribution in [0.25, 0.3) is 0 Å². The molecule has 0 aliphatic carbocycles. The van der Waals surface area contributed by atoms with E-state index in [-0.39, 0.29) is 0 Å². The predicted octanol–water partition coefficient (Wildman–Crippen LogP) is 2.29. The van der Waals surface area contributed by atoms with E-state index in [0.29, 0.717) is 6.54 Å². The van der Waals surface area contributed by atoms with Gasteiger partial charge in [0, 0.05) is 19.8 Å². The quantitative estimate of drug-likeness (QED) is 0.834. The zero-order chi connectivity index (χ0) is 14.1. The minimum absolute atomic E-state index is 0.396. The van der Waals surface area contributed by atoms with Crippen molar-refractivity contribution in [3.63, 3.8) is 0 Å². The molecule has 102 valence electrons. The number of sulfone groups is 1. The van der Waals surface area contributed by atoms with Gasteiger partial charge in [0.25, 0.3) is 0 Å². The third-order valence-corrected chi connectivity index (χ3v) is 6.41. The molecule has 0 unspecified atom stereocenters. The van der Waals surface area contributed by atoms with Gasteiger partial charge in [-0.3, -0.25) is 4.79 Å². The molecule has 1 heterocycles. The summed E-state index contributed by atoms with van der Waals surface area (Å²) in [6, 6.07) is 1.92. The van der Waals surface area contributed by atoms with Crippen LogP contribution in [0.15, 0.2) is 15.2 Å². The predicted molar refractivity (Wildman–Crippen MR) is 77.4 cm³/mol. The minimum Gasteiger partial charge on any atom is -0.340 e. The van der Waals surface area contributed by atoms with Gasteiger partial charge < -0.3 is 4.90 Å². The largest absolute Gasteiger partial charge is 0.340 e. The summed E-state index contributed by atoms with van der Waals surface area (Å²) in [5, 5.41) is 1.93. The summed E-state index contributed by atoms with van der Waals surface area (Å²) in [4.78, 5) is 13.6. The van der Waals surface area contributed by atoms with Crippen LogP contribution in [0, 0.1) is 0 Å². The van der Waals surface area contributed by atoms with Crippen LogP contribution in [-0.4, -0.2) is 37.3 Å². The topological polar surface area (TPSA) is 54.5 Å². The Morgan fingerprint density at radius 2 is 2.06 bits per heavy atom. The molecule has 4 nitrogen and oxygen atoms in total. The van der Waals surface area contributed by atoms with Gasteiger partial charge in [0.2, 0.25) is 5.91 Å². The highest BCUT2D eigenvalue weighted by Crippen LogP contribution is 2.23. The van der Waals surface area contributed by atoms with Crippen LogP contribution in [0.2, 0.25) is 0 Å². The molecular weight excluding hydrogens is 338 g/mol. The van der Waals surface area contributed by atoms with Crippen LogP contribution < -0.4 is 0 Å². The molecule has 0 aliphatic heterocycles. The highest BCUT2D eigenvalue weighted by atomic mass is 79.9. The molecule has 0 N–H and O–H groups in total. The minimum atomic E-state index is -3.43. The molecule has 0 saturated heterocycles. The molecule has 0 bridgehead atoms. The monoisotopic (exact) mass is 353 g/mol. The molecule has 0 radical (unpaired) electrons. The van der Waals surface area contributed by atoms with Crippen LogP contribution >= 0.6 is 27.3 Å². The van der Waals surface area contributed by atoms with E-state index in [1.807, 2.05) is 11.4 Å². The second kappa shape index (κ2) is 5.30. The fourth-order valence-corrected chi connectivity index (χ4v) is 3.07. The van der Waals surface area contributed by atoms with E-state index >= 15 is 0 Å². The summed E-state index contributed by atoms with van der Waals surface area (Å²) in [5.41, 5.74) is 0.979. The van der Waals surface area contributed by atoms with Gasteiger partial charge in [0.1, 0.15) is 4.75 Å². The lowest BCUT2D eigenvalue weighted by atomic mass is 10.1. The average molecular weight is 354 g/mol. The number of carbonyl (C=O) groups excluding carboxylic acids is 1. The zero-order valence-electron chi connectivity index (χ0n) is 10.7. The van der Waals surface area contributed by atoms with Gasteiger partial charge in [-0.25, -0.2) is 8.42 Å². The molecule has 0 spiro atoms. The van der Waals surface area contributed by atoms with Crippen molar-refractivity contribution in [2.75, 3.05) is 13.3 Å². The molecule has 0 fully saturated rings. The molecule has 1 aromatic rings. The van der Waals surface area contributed by atoms with E-state index < -0.39 is 20.5 Å². The summed E-state index contributed by atoms with van der Waals surface area (Å²) >= 11 is 4.88. The van der Waals surface area contributed by atoms with E-state index in [1.165, 1.54) is 30.1 Å². The second-order valence-electron chi connectivity index (χ2n) is 4.70. The standard InChI is InChI=1S/C11H16BrNO3S2/c1-11(2,18(4,15)16)10(14)13(3)6-8-5-9(12)17-7-8/h5,7H,6H2,1-4H3. The number of amides is 1. The van der Waals surface area contributed by atoms with Crippen LogP contribution in [-0.2, 0) is 21.2 Å². The fraction of sp³-hybridized carbons (Fsp3) is 0.545. The second-order valence-corrected chi connectivity index (χ2v) is 9.56. The van der Waals surface area contributed by atoms with Crippen molar-refractivity contribution in [1.82, 2.24) is 4.90 Å². The molecule has 7 heteroatoms. The van der Waals surface area contributed by atoms with Gasteiger partial charge in [-0.15, -0.1) is 11.3 Å². The zero-order valence-corrected chi connectivity index (χ0v) is 13.9. The van der Waals surface area contributed by atoms with Gasteiger partial charge in [-0.05, 0) is 46.8 Å². The molecule has 0 aromatic carbocycles. The number of halogens is 1. The van der Waals surface area contributed by atoms with Crippen molar-refractivity contribution in [2.24, 2.45) is 0 Å². The number of carbonyl (C=O) groups is 1. The van der Waals surface area contributed by atoms with Crippen molar-refractivity contribution in [2.45, 2.75) is 25.1 Å². The lowest BCUT2D eigenvalue weighted by Crippen LogP contribution is -2.47. The Morgan fingerprint density at radius 1 is 1.50 bits per heavy atom. The Hall–Kier alpha value is -0.400. The molecular formula is C11H16BrNO3S2. The van der Waals surface area contributed by atoms with Crippen molar-refractivity contribution < 1.29 is 13.2 Å². The van der Waals surface area contributed by atoms with E-state index in [0.717, 1.165) is 15.6 Å². The maximum Gasteiger partial charge on any atom is 0.243 e. The smallest absolute Gasteiger partial charge is 0.243 e. The first-order chi connectivity index (χ1) is 8.05. The van der Waals surface area contributed by atoms with Gasteiger partial charge in [0.15, 0.2) is 9.84 Å². The molecule has 1 aromatic heterocycles. The maximum absolute atomic E-state index is 12.2. The van der Waals surface area contributed by atoms with Crippen LogP contribution in [0.3, 0.4) is 0 Å². The number of hydrogen-bond donors (Lipinski definition) is 0. The summed E-state index contributed by atoms with van der Waals surface area (Å²) in [7, 11) is -1.82. The van der Waals surface area contributed by atoms with Crippen molar-refractivity contribution in [1.29, 1.82) is 0 Å². The highest BCUT2D eigenvalue weighted by molar-refractivity contribution is 9.11. The van der Waals surface area contributed by atoms with Gasteiger partial charge in [0.05, 0.1) is 3.79 Å². The maximum atomic E-state index is 12.2. The normalized spacial score (nSPS) is 12.5. The Bertz CT molecular complexity index is 548. The number of rotatable bonds is 4. The fourth-order valence-electron chi connectivity index (χ4n) is 1.39. The average Bonchev–Trinajstić information content (AvgIpc) is 2.61. The van der Waals surface area contributed by atoms with Crippen molar-refractivity contribution >= 4 is 43.0 Å². The van der Waals surface area contributed by atoms with Crippen molar-refractivity contribution in [3.8, 4) is 0 Å². The molecule has 1 amide bonds. The highest BCUT2D eigenvalue weighted by Gasteiger charge is 2.40. The summed E-state index contributed by atoms with van der Waals surface area (Å²) < 4.78 is 22.8. The van der Waals surface area contributed by atoms with E-state index in [2.05, 4.69) is 15.9 Å². The number of thiophene rings is 1. The van der Waals surface area contributed by atoms with E-state index in [4.69, 9.17) is 0 Å². The van der Waals surface area contributed by atoms with Gasteiger partial charge in [-0.1, -0.05) is 0 Å². The number of nitrogens with zero attached hydrogens (tertiary/aromatic N) is 1. The van der Waals surface area contributed by atoms with Crippen LogP contribution in [0.5, 0.6) is 0 Å². The summed E-state index contributed by atoms with van der Waals surface area (Å²) in [6.07, 6.45) is 1.08. The van der Waals surface area contributed by atoms with Gasteiger partial charge in [-0.2, -0.15) is 0 Å². The Morgan fingerprint density at radius 3 is 2.44 bits per heavy atom. The molecule has 0 saturated carbocycles. The van der Waals surface area contributed by atoms with Crippen molar-refractivity contribution in [3.05, 3.63) is 20.8 Å². The first kappa shape index (κ1) is 15.7. The lowest BCUT2D eigenvalue weighted by Gasteiger charge is -2.27. The summed E-state index contributed by atoms with van der Waals surface area (Å²) in [5.74, 6) is -0.396. The third-order valence-electron chi connectivity index (χ3n) is 2.83. The SMILES string of the molecule is CN(Cc1csc(Br)c1)C(=O)C(C)(C)S(C)(=O)=O. The van der Waals surface area contributed by atoms with E-state index in [1.54, 1.807) is 7.05 Å². The van der Waals surface area contributed by atoms with Gasteiger partial charge >= 0.3 is 0 Å². The first-order valence-corrected chi connectivity index (χ1v) is 8.80. The molecule has 0 atom stereocenters. The van der Waals surface area contributed by atoms with Crippen LogP contribution in [0.4, 0.5) is 0 Å². The number of hydrogen-bond acceptors (Lipinski definition) is 4.